The number of rotatable bonds is 1. The summed E-state index contributed by atoms with van der Waals surface area (Å²) in [4.78, 5) is 16.5. The number of halogens is 2. The van der Waals surface area contributed by atoms with Gasteiger partial charge in [0, 0.05) is 42.0 Å². The van der Waals surface area contributed by atoms with E-state index in [1.165, 1.54) is 0 Å². The molecule has 0 aromatic carbocycles. The number of nitrogens with zero attached hydrogens (tertiary/aromatic N) is 2. The van der Waals surface area contributed by atoms with Gasteiger partial charge in [-0.05, 0) is 41.3 Å². The van der Waals surface area contributed by atoms with Crippen LogP contribution in [0.2, 0.25) is 5.02 Å². The number of fused-ring (bicyclic) bond motifs is 2. The smallest absolute Gasteiger partial charge is 0.250 e. The molecule has 0 saturated heterocycles. The summed E-state index contributed by atoms with van der Waals surface area (Å²) in [7, 11) is 0. The third-order valence-corrected chi connectivity index (χ3v) is 6.15. The predicted octanol–water partition coefficient (Wildman–Crippen LogP) is 3.75. The Balaban J connectivity index is 1.75. The summed E-state index contributed by atoms with van der Waals surface area (Å²) < 4.78 is 2.68. The van der Waals surface area contributed by atoms with Crippen molar-refractivity contribution >= 4 is 33.3 Å². The van der Waals surface area contributed by atoms with Crippen LogP contribution in [0.4, 0.5) is 5.82 Å². The molecule has 2 aliphatic rings. The zero-order chi connectivity index (χ0) is 15.3. The molecule has 1 N–H and O–H groups in total. The molecule has 1 saturated carbocycles. The first kappa shape index (κ1) is 14.3. The van der Waals surface area contributed by atoms with Gasteiger partial charge in [-0.15, -0.1) is 0 Å². The predicted molar refractivity (Wildman–Crippen MR) is 90.7 cm³/mol. The summed E-state index contributed by atoms with van der Waals surface area (Å²) in [5, 5.41) is 4.13. The van der Waals surface area contributed by atoms with E-state index in [-0.39, 0.29) is 17.0 Å². The van der Waals surface area contributed by atoms with Crippen LogP contribution >= 0.6 is 27.5 Å². The van der Waals surface area contributed by atoms with E-state index in [9.17, 15) is 4.79 Å². The molecule has 1 spiro atoms. The fourth-order valence-electron chi connectivity index (χ4n) is 3.89. The highest BCUT2D eigenvalue weighted by Crippen LogP contribution is 2.53. The lowest BCUT2D eigenvalue weighted by Gasteiger charge is -2.25. The Labute approximate surface area is 141 Å². The van der Waals surface area contributed by atoms with Gasteiger partial charge < -0.3 is 9.88 Å². The lowest BCUT2D eigenvalue weighted by atomic mass is 9.81. The quantitative estimate of drug-likeness (QED) is 0.819. The van der Waals surface area contributed by atoms with Crippen molar-refractivity contribution < 1.29 is 0 Å². The van der Waals surface area contributed by atoms with E-state index in [0.29, 0.717) is 0 Å². The monoisotopic (exact) mass is 379 g/mol. The number of nitrogens with one attached hydrogen (secondary N) is 1. The SMILES string of the molecule is O=c1ccccn1[C@H]1CC[C@@]2(CNc3ncc(Br)c(Cl)c32)C1. The first-order valence-corrected chi connectivity index (χ1v) is 8.53. The maximum atomic E-state index is 12.1. The number of hydrogen-bond acceptors (Lipinski definition) is 3. The van der Waals surface area contributed by atoms with Crippen molar-refractivity contribution in [2.75, 3.05) is 11.9 Å². The van der Waals surface area contributed by atoms with Crippen LogP contribution in [0.1, 0.15) is 30.9 Å². The average Bonchev–Trinajstić information content (AvgIpc) is 3.10. The van der Waals surface area contributed by atoms with Crippen LogP contribution < -0.4 is 10.9 Å². The Morgan fingerprint density at radius 3 is 3.14 bits per heavy atom. The summed E-state index contributed by atoms with van der Waals surface area (Å²) in [6, 6.07) is 5.54. The second kappa shape index (κ2) is 5.10. The normalized spacial score (nSPS) is 26.2. The molecule has 1 aliphatic carbocycles. The van der Waals surface area contributed by atoms with E-state index < -0.39 is 0 Å². The molecule has 114 valence electrons. The molecular formula is C16H15BrClN3O. The molecular weight excluding hydrogens is 366 g/mol. The van der Waals surface area contributed by atoms with Crippen molar-refractivity contribution in [3.05, 3.63) is 56.0 Å². The highest BCUT2D eigenvalue weighted by molar-refractivity contribution is 9.10. The van der Waals surface area contributed by atoms with Gasteiger partial charge in [0.15, 0.2) is 0 Å². The highest BCUT2D eigenvalue weighted by Gasteiger charge is 2.47. The molecule has 2 aromatic rings. The van der Waals surface area contributed by atoms with Crippen LogP contribution in [-0.2, 0) is 5.41 Å². The first-order chi connectivity index (χ1) is 10.6. The molecule has 2 aromatic heterocycles. The summed E-state index contributed by atoms with van der Waals surface area (Å²) in [6.45, 7) is 0.837. The molecule has 0 unspecified atom stereocenters. The minimum absolute atomic E-state index is 0.0247. The third kappa shape index (κ3) is 2.02. The Bertz CT molecular complexity index is 806. The summed E-state index contributed by atoms with van der Waals surface area (Å²) in [5.74, 6) is 0.884. The molecule has 6 heteroatoms. The van der Waals surface area contributed by atoms with E-state index >= 15 is 0 Å². The van der Waals surface area contributed by atoms with Crippen molar-refractivity contribution in [1.82, 2.24) is 9.55 Å². The van der Waals surface area contributed by atoms with Crippen molar-refractivity contribution in [2.45, 2.75) is 30.7 Å². The Hall–Kier alpha value is -1.33. The number of anilines is 1. The second-order valence-corrected chi connectivity index (χ2v) is 7.35. The standard InChI is InChI=1S/C16H15BrClN3O/c17-11-8-19-15-13(14(11)18)16(9-20-15)5-4-10(7-16)21-6-2-1-3-12(21)22/h1-3,6,8,10H,4-5,7,9H2,(H,19,20)/t10-,16-/m0/s1. The molecule has 22 heavy (non-hydrogen) atoms. The van der Waals surface area contributed by atoms with Gasteiger partial charge in [0.1, 0.15) is 5.82 Å². The molecule has 1 aliphatic heterocycles. The van der Waals surface area contributed by atoms with Gasteiger partial charge in [0.25, 0.3) is 5.56 Å². The van der Waals surface area contributed by atoms with Gasteiger partial charge >= 0.3 is 0 Å². The van der Waals surface area contributed by atoms with Crippen LogP contribution in [-0.4, -0.2) is 16.1 Å². The molecule has 0 bridgehead atoms. The van der Waals surface area contributed by atoms with E-state index in [0.717, 1.165) is 46.7 Å². The van der Waals surface area contributed by atoms with Crippen LogP contribution in [0.3, 0.4) is 0 Å². The van der Waals surface area contributed by atoms with Gasteiger partial charge in [-0.3, -0.25) is 4.79 Å². The van der Waals surface area contributed by atoms with Crippen LogP contribution in [0.25, 0.3) is 0 Å². The number of aromatic nitrogens is 2. The average molecular weight is 381 g/mol. The van der Waals surface area contributed by atoms with E-state index in [4.69, 9.17) is 11.6 Å². The molecule has 4 rings (SSSR count). The van der Waals surface area contributed by atoms with Gasteiger partial charge in [0.05, 0.1) is 9.50 Å². The minimum atomic E-state index is -0.0247. The van der Waals surface area contributed by atoms with E-state index in [1.54, 1.807) is 18.3 Å². The lowest BCUT2D eigenvalue weighted by Crippen LogP contribution is -2.28. The zero-order valence-corrected chi connectivity index (χ0v) is 14.2. The van der Waals surface area contributed by atoms with Crippen molar-refractivity contribution in [1.29, 1.82) is 0 Å². The Morgan fingerprint density at radius 2 is 2.32 bits per heavy atom. The highest BCUT2D eigenvalue weighted by atomic mass is 79.9. The van der Waals surface area contributed by atoms with Crippen molar-refractivity contribution in [3.63, 3.8) is 0 Å². The lowest BCUT2D eigenvalue weighted by molar-refractivity contribution is 0.436. The maximum Gasteiger partial charge on any atom is 0.250 e. The number of hydrogen-bond donors (Lipinski definition) is 1. The van der Waals surface area contributed by atoms with Crippen LogP contribution in [0.5, 0.6) is 0 Å². The summed E-state index contributed by atoms with van der Waals surface area (Å²) in [5.41, 5.74) is 1.15. The van der Waals surface area contributed by atoms with Gasteiger partial charge in [-0.25, -0.2) is 4.98 Å². The summed E-state index contributed by atoms with van der Waals surface area (Å²) >= 11 is 10.0. The third-order valence-electron chi connectivity index (χ3n) is 4.92. The molecule has 3 heterocycles. The topological polar surface area (TPSA) is 46.9 Å². The first-order valence-electron chi connectivity index (χ1n) is 7.36. The maximum absolute atomic E-state index is 12.1. The van der Waals surface area contributed by atoms with E-state index in [2.05, 4.69) is 26.2 Å². The summed E-state index contributed by atoms with van der Waals surface area (Å²) in [6.07, 6.45) is 6.52. The fourth-order valence-corrected chi connectivity index (χ4v) is 4.53. The largest absolute Gasteiger partial charge is 0.369 e. The molecule has 4 nitrogen and oxygen atoms in total. The van der Waals surface area contributed by atoms with E-state index in [1.807, 2.05) is 16.8 Å². The molecule has 1 fully saturated rings. The van der Waals surface area contributed by atoms with Crippen molar-refractivity contribution in [2.24, 2.45) is 0 Å². The molecule has 2 atom stereocenters. The number of pyridine rings is 2. The zero-order valence-electron chi connectivity index (χ0n) is 11.9. The minimum Gasteiger partial charge on any atom is -0.369 e. The Kier molecular flexibility index (Phi) is 3.31. The Morgan fingerprint density at radius 1 is 1.45 bits per heavy atom. The molecule has 0 amide bonds. The van der Waals surface area contributed by atoms with Crippen molar-refractivity contribution in [3.8, 4) is 0 Å². The van der Waals surface area contributed by atoms with Crippen LogP contribution in [0, 0.1) is 0 Å². The van der Waals surface area contributed by atoms with Crippen LogP contribution in [0.15, 0.2) is 39.9 Å². The fraction of sp³-hybridized carbons (Fsp3) is 0.375. The van der Waals surface area contributed by atoms with Gasteiger partial charge in [-0.2, -0.15) is 0 Å². The van der Waals surface area contributed by atoms with Gasteiger partial charge in [0.2, 0.25) is 0 Å². The van der Waals surface area contributed by atoms with Gasteiger partial charge in [-0.1, -0.05) is 17.7 Å². The second-order valence-electron chi connectivity index (χ2n) is 6.12. The molecule has 0 radical (unpaired) electrons.